The van der Waals surface area contributed by atoms with Gasteiger partial charge in [0.15, 0.2) is 0 Å². The van der Waals surface area contributed by atoms with Crippen LogP contribution in [0.4, 0.5) is 0 Å². The Bertz CT molecular complexity index is 535. The van der Waals surface area contributed by atoms with Gasteiger partial charge in [-0.25, -0.2) is 0 Å². The van der Waals surface area contributed by atoms with Crippen molar-refractivity contribution in [3.63, 3.8) is 0 Å². The van der Waals surface area contributed by atoms with Crippen LogP contribution in [0.1, 0.15) is 62.5 Å². The van der Waals surface area contributed by atoms with Crippen LogP contribution in [0.3, 0.4) is 0 Å². The van der Waals surface area contributed by atoms with Crippen LogP contribution in [0.15, 0.2) is 0 Å². The Morgan fingerprint density at radius 3 is 2.57 bits per heavy atom. The minimum Gasteiger partial charge on any atom is -0.368 e. The number of carbonyl (C=O) groups is 1. The van der Waals surface area contributed by atoms with Crippen molar-refractivity contribution in [2.24, 2.45) is 5.73 Å². The highest BCUT2D eigenvalue weighted by Gasteiger charge is 2.42. The number of hydrogen-bond acceptors (Lipinski definition) is 3. The van der Waals surface area contributed by atoms with Crippen LogP contribution in [0.5, 0.6) is 0 Å². The Labute approximate surface area is 127 Å². The molecule has 1 heterocycles. The van der Waals surface area contributed by atoms with E-state index >= 15 is 0 Å². The Morgan fingerprint density at radius 2 is 2.10 bits per heavy atom. The lowest BCUT2D eigenvalue weighted by Crippen LogP contribution is -2.60. The predicted octanol–water partition coefficient (Wildman–Crippen LogP) is 2.15. The van der Waals surface area contributed by atoms with Crippen LogP contribution in [0, 0.1) is 20.8 Å². The van der Waals surface area contributed by atoms with Gasteiger partial charge < -0.3 is 11.1 Å². The zero-order valence-electron chi connectivity index (χ0n) is 13.9. The van der Waals surface area contributed by atoms with E-state index in [-0.39, 0.29) is 18.0 Å². The maximum absolute atomic E-state index is 12.1. The Kier molecular flexibility index (Phi) is 4.42. The summed E-state index contributed by atoms with van der Waals surface area (Å²) < 4.78 is 2.10. The van der Waals surface area contributed by atoms with Crippen molar-refractivity contribution >= 4 is 5.91 Å². The molecule has 1 aliphatic carbocycles. The van der Waals surface area contributed by atoms with Gasteiger partial charge in [0.25, 0.3) is 0 Å². The quantitative estimate of drug-likeness (QED) is 0.893. The highest BCUT2D eigenvalue weighted by Crippen LogP contribution is 2.36. The summed E-state index contributed by atoms with van der Waals surface area (Å²) >= 11 is 0. The molecule has 0 saturated heterocycles. The van der Waals surface area contributed by atoms with E-state index in [9.17, 15) is 4.79 Å². The molecule has 2 unspecified atom stereocenters. The molecule has 1 amide bonds. The number of nitrogens with zero attached hydrogens (tertiary/aromatic N) is 2. The Hall–Kier alpha value is -1.36. The third-order valence-electron chi connectivity index (χ3n) is 4.79. The smallest absolute Gasteiger partial charge is 0.237 e. The molecule has 1 aliphatic rings. The molecule has 0 radical (unpaired) electrons. The largest absolute Gasteiger partial charge is 0.368 e. The van der Waals surface area contributed by atoms with Gasteiger partial charge in [-0.05, 0) is 65.9 Å². The van der Waals surface area contributed by atoms with Gasteiger partial charge in [0, 0.05) is 11.7 Å². The molecule has 3 N–H and O–H groups in total. The molecule has 1 aromatic heterocycles. The van der Waals surface area contributed by atoms with E-state index < -0.39 is 5.54 Å². The highest BCUT2D eigenvalue weighted by molar-refractivity contribution is 5.84. The molecule has 2 rings (SSSR count). The Balaban J connectivity index is 2.30. The first-order valence-corrected chi connectivity index (χ1v) is 7.87. The molecular weight excluding hydrogens is 264 g/mol. The highest BCUT2D eigenvalue weighted by atomic mass is 16.1. The van der Waals surface area contributed by atoms with Crippen molar-refractivity contribution < 1.29 is 4.79 Å². The molecule has 0 bridgehead atoms. The number of aryl methyl sites for hydroxylation is 1. The minimum absolute atomic E-state index is 0.235. The molecule has 5 nitrogen and oxygen atoms in total. The maximum atomic E-state index is 12.1. The number of rotatable bonds is 4. The van der Waals surface area contributed by atoms with Gasteiger partial charge in [-0.2, -0.15) is 5.10 Å². The van der Waals surface area contributed by atoms with Crippen molar-refractivity contribution in [1.29, 1.82) is 0 Å². The van der Waals surface area contributed by atoms with E-state index in [0.29, 0.717) is 0 Å². The summed E-state index contributed by atoms with van der Waals surface area (Å²) in [5.41, 5.74) is 8.64. The number of carbonyl (C=O) groups excluding carboxylic acids is 1. The van der Waals surface area contributed by atoms with Gasteiger partial charge >= 0.3 is 0 Å². The van der Waals surface area contributed by atoms with Gasteiger partial charge in [0.2, 0.25) is 5.91 Å². The predicted molar refractivity (Wildman–Crippen MR) is 84.1 cm³/mol. The van der Waals surface area contributed by atoms with Crippen LogP contribution < -0.4 is 11.1 Å². The molecule has 0 aliphatic heterocycles. The van der Waals surface area contributed by atoms with Gasteiger partial charge in [-0.1, -0.05) is 0 Å². The van der Waals surface area contributed by atoms with Crippen molar-refractivity contribution in [2.45, 2.75) is 77.9 Å². The van der Waals surface area contributed by atoms with E-state index in [4.69, 9.17) is 5.73 Å². The van der Waals surface area contributed by atoms with E-state index in [0.717, 1.165) is 31.4 Å². The summed E-state index contributed by atoms with van der Waals surface area (Å²) in [5.74, 6) is -0.237. The van der Waals surface area contributed by atoms with E-state index in [2.05, 4.69) is 42.8 Å². The molecule has 1 saturated carbocycles. The van der Waals surface area contributed by atoms with Crippen molar-refractivity contribution in [2.75, 3.05) is 0 Å². The standard InChI is InChI=1S/C16H28N4O/c1-10(2)18-16(15(17)21)8-6-7-14(9-16)20-13(5)11(3)12(4)19-20/h10,14,18H,6-9H2,1-5H3,(H2,17,21). The summed E-state index contributed by atoms with van der Waals surface area (Å²) in [6.45, 7) is 10.4. The number of hydrogen-bond donors (Lipinski definition) is 2. The van der Waals surface area contributed by atoms with Crippen molar-refractivity contribution in [3.05, 3.63) is 17.0 Å². The van der Waals surface area contributed by atoms with Crippen LogP contribution in [-0.2, 0) is 4.79 Å². The number of primary amides is 1. The van der Waals surface area contributed by atoms with E-state index in [1.54, 1.807) is 0 Å². The number of nitrogens with two attached hydrogens (primary N) is 1. The van der Waals surface area contributed by atoms with Gasteiger partial charge in [-0.3, -0.25) is 9.48 Å². The molecule has 0 spiro atoms. The summed E-state index contributed by atoms with van der Waals surface area (Å²) in [6, 6.07) is 0.475. The van der Waals surface area contributed by atoms with E-state index in [1.165, 1.54) is 11.3 Å². The topological polar surface area (TPSA) is 72.9 Å². The first-order chi connectivity index (χ1) is 9.77. The van der Waals surface area contributed by atoms with Gasteiger partial charge in [0.05, 0.1) is 17.3 Å². The second-order valence-corrected chi connectivity index (χ2v) is 6.74. The molecule has 118 valence electrons. The number of amides is 1. The van der Waals surface area contributed by atoms with Gasteiger partial charge in [0.1, 0.15) is 0 Å². The SMILES string of the molecule is Cc1nn(C2CCCC(NC(C)C)(C(N)=O)C2)c(C)c1C. The molecular formula is C16H28N4O. The van der Waals surface area contributed by atoms with Gasteiger partial charge in [-0.15, -0.1) is 0 Å². The van der Waals surface area contributed by atoms with E-state index in [1.807, 2.05) is 6.92 Å². The first kappa shape index (κ1) is 16.0. The molecule has 2 atom stereocenters. The van der Waals surface area contributed by atoms with Crippen molar-refractivity contribution in [1.82, 2.24) is 15.1 Å². The summed E-state index contributed by atoms with van der Waals surface area (Å²) in [7, 11) is 0. The summed E-state index contributed by atoms with van der Waals surface area (Å²) in [6.07, 6.45) is 3.58. The lowest BCUT2D eigenvalue weighted by atomic mass is 9.78. The molecule has 21 heavy (non-hydrogen) atoms. The molecule has 0 aromatic carbocycles. The average Bonchev–Trinajstić information content (AvgIpc) is 2.66. The average molecular weight is 292 g/mol. The molecule has 1 aromatic rings. The third kappa shape index (κ3) is 2.98. The minimum atomic E-state index is -0.600. The number of nitrogens with one attached hydrogen (secondary N) is 1. The second-order valence-electron chi connectivity index (χ2n) is 6.74. The van der Waals surface area contributed by atoms with Crippen LogP contribution >= 0.6 is 0 Å². The zero-order valence-corrected chi connectivity index (χ0v) is 13.9. The fraction of sp³-hybridized carbons (Fsp3) is 0.750. The fourth-order valence-electron chi connectivity index (χ4n) is 3.53. The summed E-state index contributed by atoms with van der Waals surface area (Å²) in [4.78, 5) is 12.1. The summed E-state index contributed by atoms with van der Waals surface area (Å²) in [5, 5.41) is 8.09. The zero-order chi connectivity index (χ0) is 15.8. The molecule has 1 fully saturated rings. The van der Waals surface area contributed by atoms with Crippen LogP contribution in [0.2, 0.25) is 0 Å². The van der Waals surface area contributed by atoms with Crippen LogP contribution in [0.25, 0.3) is 0 Å². The maximum Gasteiger partial charge on any atom is 0.237 e. The fourth-order valence-corrected chi connectivity index (χ4v) is 3.53. The van der Waals surface area contributed by atoms with Crippen LogP contribution in [-0.4, -0.2) is 27.3 Å². The lowest BCUT2D eigenvalue weighted by Gasteiger charge is -2.41. The molecule has 5 heteroatoms. The normalized spacial score (nSPS) is 26.3. The monoisotopic (exact) mass is 292 g/mol. The first-order valence-electron chi connectivity index (χ1n) is 7.87. The lowest BCUT2D eigenvalue weighted by molar-refractivity contribution is -0.126. The number of aromatic nitrogens is 2. The Morgan fingerprint density at radius 1 is 1.43 bits per heavy atom. The van der Waals surface area contributed by atoms with Crippen molar-refractivity contribution in [3.8, 4) is 0 Å². The second kappa shape index (κ2) is 5.79. The third-order valence-corrected chi connectivity index (χ3v) is 4.79.